The zero-order valence-corrected chi connectivity index (χ0v) is 11.7. The molecule has 104 valence electrons. The smallest absolute Gasteiger partial charge is 0.222 e. The Morgan fingerprint density at radius 1 is 1.33 bits per heavy atom. The molecule has 1 saturated heterocycles. The van der Waals surface area contributed by atoms with Crippen molar-refractivity contribution in [1.29, 1.82) is 0 Å². The van der Waals surface area contributed by atoms with Gasteiger partial charge >= 0.3 is 0 Å². The van der Waals surface area contributed by atoms with Gasteiger partial charge in [0.1, 0.15) is 0 Å². The average molecular weight is 252 g/mol. The average Bonchev–Trinajstić information content (AvgIpc) is 2.71. The molecule has 1 heterocycles. The van der Waals surface area contributed by atoms with E-state index in [-0.39, 0.29) is 6.04 Å². The summed E-state index contributed by atoms with van der Waals surface area (Å²) in [7, 11) is 0. The van der Waals surface area contributed by atoms with E-state index in [1.165, 1.54) is 44.9 Å². The fourth-order valence-electron chi connectivity index (χ4n) is 3.60. The van der Waals surface area contributed by atoms with Crippen LogP contribution in [0.5, 0.6) is 0 Å². The van der Waals surface area contributed by atoms with Crippen molar-refractivity contribution < 1.29 is 4.79 Å². The van der Waals surface area contributed by atoms with Crippen molar-refractivity contribution in [2.45, 2.75) is 64.3 Å². The molecule has 3 nitrogen and oxygen atoms in total. The van der Waals surface area contributed by atoms with E-state index in [1.807, 2.05) is 4.90 Å². The number of rotatable bonds is 5. The van der Waals surface area contributed by atoms with Crippen molar-refractivity contribution in [2.24, 2.45) is 17.6 Å². The van der Waals surface area contributed by atoms with E-state index in [1.54, 1.807) is 0 Å². The Hall–Kier alpha value is -0.570. The third-order valence-corrected chi connectivity index (χ3v) is 4.68. The summed E-state index contributed by atoms with van der Waals surface area (Å²) >= 11 is 0. The minimum atomic E-state index is 0.203. The fraction of sp³-hybridized carbons (Fsp3) is 0.933. The van der Waals surface area contributed by atoms with E-state index < -0.39 is 0 Å². The molecule has 0 aromatic rings. The van der Waals surface area contributed by atoms with Crippen molar-refractivity contribution in [3.05, 3.63) is 0 Å². The summed E-state index contributed by atoms with van der Waals surface area (Å²) in [6.07, 6.45) is 9.66. The zero-order chi connectivity index (χ0) is 13.0. The quantitative estimate of drug-likeness (QED) is 0.817. The van der Waals surface area contributed by atoms with E-state index in [9.17, 15) is 4.79 Å². The van der Waals surface area contributed by atoms with Crippen LogP contribution in [0.1, 0.15) is 58.3 Å². The highest BCUT2D eigenvalue weighted by Crippen LogP contribution is 2.28. The molecule has 0 aromatic carbocycles. The van der Waals surface area contributed by atoms with Crippen LogP contribution in [0.25, 0.3) is 0 Å². The molecule has 0 radical (unpaired) electrons. The number of hydrogen-bond acceptors (Lipinski definition) is 2. The van der Waals surface area contributed by atoms with E-state index in [0.29, 0.717) is 17.7 Å². The van der Waals surface area contributed by atoms with Crippen molar-refractivity contribution in [2.75, 3.05) is 13.1 Å². The van der Waals surface area contributed by atoms with Gasteiger partial charge in [-0.2, -0.15) is 0 Å². The fourth-order valence-corrected chi connectivity index (χ4v) is 3.60. The van der Waals surface area contributed by atoms with Crippen molar-refractivity contribution in [3.8, 4) is 0 Å². The molecule has 1 saturated carbocycles. The van der Waals surface area contributed by atoms with Crippen LogP contribution in [0.4, 0.5) is 0 Å². The molecule has 0 bridgehead atoms. The Balaban J connectivity index is 1.79. The molecule has 1 amide bonds. The summed E-state index contributed by atoms with van der Waals surface area (Å²) < 4.78 is 0. The Morgan fingerprint density at radius 2 is 2.06 bits per heavy atom. The molecule has 0 aromatic heterocycles. The first kappa shape index (κ1) is 13.9. The molecule has 2 atom stereocenters. The molecule has 2 fully saturated rings. The van der Waals surface area contributed by atoms with Gasteiger partial charge in [-0.1, -0.05) is 32.6 Å². The number of hydrogen-bond donors (Lipinski definition) is 1. The van der Waals surface area contributed by atoms with Gasteiger partial charge in [0.2, 0.25) is 5.91 Å². The third-order valence-electron chi connectivity index (χ3n) is 4.68. The Kier molecular flexibility index (Phi) is 5.04. The maximum Gasteiger partial charge on any atom is 0.222 e. The molecule has 1 aliphatic carbocycles. The van der Waals surface area contributed by atoms with Crippen molar-refractivity contribution in [1.82, 2.24) is 4.90 Å². The molecular weight excluding hydrogens is 224 g/mol. The third kappa shape index (κ3) is 3.47. The molecule has 2 unspecified atom stereocenters. The number of nitrogens with two attached hydrogens (primary N) is 1. The van der Waals surface area contributed by atoms with Crippen LogP contribution in [-0.4, -0.2) is 29.9 Å². The number of nitrogens with zero attached hydrogens (tertiary/aromatic N) is 1. The van der Waals surface area contributed by atoms with Crippen LogP contribution in [0.3, 0.4) is 0 Å². The number of carbonyl (C=O) groups is 1. The van der Waals surface area contributed by atoms with Gasteiger partial charge in [-0.05, 0) is 31.1 Å². The van der Waals surface area contributed by atoms with Gasteiger partial charge in [-0.25, -0.2) is 0 Å². The van der Waals surface area contributed by atoms with Crippen LogP contribution in [0.15, 0.2) is 0 Å². The Labute approximate surface area is 111 Å². The number of amides is 1. The van der Waals surface area contributed by atoms with E-state index in [4.69, 9.17) is 5.73 Å². The van der Waals surface area contributed by atoms with Gasteiger partial charge in [-0.3, -0.25) is 4.79 Å². The Bertz CT molecular complexity index is 274. The predicted molar refractivity (Wildman–Crippen MR) is 74.1 cm³/mol. The second-order valence-corrected chi connectivity index (χ2v) is 6.22. The SMILES string of the molecule is CCCC1CC(=O)N(CC(N)C2CCCCC2)C1. The molecule has 2 aliphatic rings. The maximum absolute atomic E-state index is 11.9. The first-order chi connectivity index (χ1) is 8.70. The molecule has 3 heteroatoms. The second-order valence-electron chi connectivity index (χ2n) is 6.22. The maximum atomic E-state index is 11.9. The van der Waals surface area contributed by atoms with Crippen LogP contribution in [-0.2, 0) is 4.79 Å². The summed E-state index contributed by atoms with van der Waals surface area (Å²) in [6.45, 7) is 3.94. The molecule has 2 rings (SSSR count). The topological polar surface area (TPSA) is 46.3 Å². The summed E-state index contributed by atoms with van der Waals surface area (Å²) in [6, 6.07) is 0.203. The van der Waals surface area contributed by atoms with Crippen LogP contribution < -0.4 is 5.73 Å². The largest absolute Gasteiger partial charge is 0.341 e. The Morgan fingerprint density at radius 3 is 2.72 bits per heavy atom. The van der Waals surface area contributed by atoms with E-state index in [0.717, 1.165) is 19.5 Å². The molecule has 0 spiro atoms. The molecule has 2 N–H and O–H groups in total. The highest BCUT2D eigenvalue weighted by Gasteiger charge is 2.31. The summed E-state index contributed by atoms with van der Waals surface area (Å²) in [5.41, 5.74) is 6.32. The number of likely N-dealkylation sites (tertiary alicyclic amines) is 1. The van der Waals surface area contributed by atoms with Crippen LogP contribution in [0.2, 0.25) is 0 Å². The van der Waals surface area contributed by atoms with Gasteiger partial charge in [0.05, 0.1) is 0 Å². The normalized spacial score (nSPS) is 27.8. The lowest BCUT2D eigenvalue weighted by molar-refractivity contribution is -0.128. The van der Waals surface area contributed by atoms with Crippen LogP contribution >= 0.6 is 0 Å². The van der Waals surface area contributed by atoms with Gasteiger partial charge < -0.3 is 10.6 Å². The lowest BCUT2D eigenvalue weighted by Crippen LogP contribution is -2.43. The van der Waals surface area contributed by atoms with Gasteiger partial charge in [0.15, 0.2) is 0 Å². The summed E-state index contributed by atoms with van der Waals surface area (Å²) in [5, 5.41) is 0. The van der Waals surface area contributed by atoms with Crippen molar-refractivity contribution >= 4 is 5.91 Å². The minimum Gasteiger partial charge on any atom is -0.341 e. The highest BCUT2D eigenvalue weighted by atomic mass is 16.2. The van der Waals surface area contributed by atoms with Crippen molar-refractivity contribution in [3.63, 3.8) is 0 Å². The summed E-state index contributed by atoms with van der Waals surface area (Å²) in [5.74, 6) is 1.57. The first-order valence-corrected chi connectivity index (χ1v) is 7.74. The molecular formula is C15H28N2O. The standard InChI is InChI=1S/C15H28N2O/c1-2-6-12-9-15(18)17(10-12)11-14(16)13-7-4-3-5-8-13/h12-14H,2-11,16H2,1H3. The summed E-state index contributed by atoms with van der Waals surface area (Å²) in [4.78, 5) is 14.0. The zero-order valence-electron chi connectivity index (χ0n) is 11.7. The molecule has 18 heavy (non-hydrogen) atoms. The van der Waals surface area contributed by atoms with Gasteiger partial charge in [0.25, 0.3) is 0 Å². The lowest BCUT2D eigenvalue weighted by Gasteiger charge is -2.30. The molecule has 1 aliphatic heterocycles. The van der Waals surface area contributed by atoms with Gasteiger partial charge in [-0.15, -0.1) is 0 Å². The minimum absolute atomic E-state index is 0.203. The monoisotopic (exact) mass is 252 g/mol. The number of carbonyl (C=O) groups excluding carboxylic acids is 1. The predicted octanol–water partition coefficient (Wildman–Crippen LogP) is 2.54. The van der Waals surface area contributed by atoms with Gasteiger partial charge in [0, 0.05) is 25.6 Å². The second kappa shape index (κ2) is 6.55. The van der Waals surface area contributed by atoms with E-state index >= 15 is 0 Å². The van der Waals surface area contributed by atoms with E-state index in [2.05, 4.69) is 6.92 Å². The first-order valence-electron chi connectivity index (χ1n) is 7.74. The van der Waals surface area contributed by atoms with Crippen LogP contribution in [0, 0.1) is 11.8 Å². The lowest BCUT2D eigenvalue weighted by atomic mass is 9.84. The highest BCUT2D eigenvalue weighted by molar-refractivity contribution is 5.78.